The normalized spacial score (nSPS) is 21.9. The van der Waals surface area contributed by atoms with Crippen LogP contribution in [0.25, 0.3) is 5.57 Å². The van der Waals surface area contributed by atoms with Crippen LogP contribution in [0.2, 0.25) is 0 Å². The van der Waals surface area contributed by atoms with E-state index in [1.165, 1.54) is 6.07 Å². The topological polar surface area (TPSA) is 49.4 Å². The molecular formula is C21H25FN4O. The van der Waals surface area contributed by atoms with E-state index in [9.17, 15) is 4.39 Å². The molecule has 1 aromatic carbocycles. The maximum Gasteiger partial charge on any atom is 0.134 e. The molecule has 1 saturated heterocycles. The largest absolute Gasteiger partial charge is 0.496 e. The lowest BCUT2D eigenvalue weighted by atomic mass is 9.99. The predicted molar refractivity (Wildman–Crippen MR) is 105 cm³/mol. The lowest BCUT2D eigenvalue weighted by molar-refractivity contribution is 0.409. The first-order valence-electron chi connectivity index (χ1n) is 9.36. The summed E-state index contributed by atoms with van der Waals surface area (Å²) in [6.45, 7) is 1.98. The number of benzene rings is 1. The first kappa shape index (κ1) is 17.8. The van der Waals surface area contributed by atoms with Crippen LogP contribution in [-0.4, -0.2) is 38.3 Å². The fraction of sp³-hybridized carbons (Fsp3) is 0.381. The van der Waals surface area contributed by atoms with Crippen LogP contribution in [0.4, 0.5) is 10.2 Å². The maximum absolute atomic E-state index is 14.4. The Bertz CT molecular complexity index is 854. The minimum atomic E-state index is -0.264. The average molecular weight is 368 g/mol. The van der Waals surface area contributed by atoms with Crippen molar-refractivity contribution in [3.8, 4) is 5.75 Å². The van der Waals surface area contributed by atoms with Crippen molar-refractivity contribution in [3.63, 3.8) is 0 Å². The van der Waals surface area contributed by atoms with Gasteiger partial charge in [0, 0.05) is 31.8 Å². The van der Waals surface area contributed by atoms with Crippen LogP contribution in [0.1, 0.15) is 30.1 Å². The highest BCUT2D eigenvalue weighted by molar-refractivity contribution is 5.73. The molecule has 2 N–H and O–H groups in total. The summed E-state index contributed by atoms with van der Waals surface area (Å²) in [7, 11) is 3.57. The standard InChI is InChI=1S/C21H25FN4O/c1-23-15-9-10-26(13-15)20-8-4-6-17(25-20)18-11-14(12-24-18)21-16(22)5-3-7-19(21)27-2/h3-8,12,15,18,23-24H,9-11,13H2,1-2H3/t15-,18?/m1/s1. The van der Waals surface area contributed by atoms with Gasteiger partial charge in [0.15, 0.2) is 0 Å². The van der Waals surface area contributed by atoms with Crippen molar-refractivity contribution in [2.24, 2.45) is 0 Å². The number of likely N-dealkylation sites (N-methyl/N-ethyl adjacent to an activating group) is 1. The van der Waals surface area contributed by atoms with Crippen LogP contribution in [0.5, 0.6) is 5.75 Å². The van der Waals surface area contributed by atoms with Gasteiger partial charge in [0.05, 0.1) is 24.4 Å². The van der Waals surface area contributed by atoms with Crippen molar-refractivity contribution >= 4 is 11.4 Å². The van der Waals surface area contributed by atoms with Crippen molar-refractivity contribution in [2.45, 2.75) is 24.9 Å². The number of hydrogen-bond donors (Lipinski definition) is 2. The molecule has 0 spiro atoms. The molecule has 0 bridgehead atoms. The number of anilines is 1. The summed E-state index contributed by atoms with van der Waals surface area (Å²) in [5.41, 5.74) is 2.41. The summed E-state index contributed by atoms with van der Waals surface area (Å²) in [5.74, 6) is 1.30. The Morgan fingerprint density at radius 3 is 2.89 bits per heavy atom. The molecule has 0 aliphatic carbocycles. The van der Waals surface area contributed by atoms with Gasteiger partial charge in [0.25, 0.3) is 0 Å². The molecule has 0 saturated carbocycles. The Labute approximate surface area is 159 Å². The second-order valence-corrected chi connectivity index (χ2v) is 7.05. The van der Waals surface area contributed by atoms with Gasteiger partial charge in [-0.15, -0.1) is 0 Å². The SMILES string of the molecule is CN[C@@H]1CCN(c2cccc(C3CC(c4c(F)cccc4OC)=CN3)n2)C1. The van der Waals surface area contributed by atoms with E-state index in [0.717, 1.165) is 36.6 Å². The van der Waals surface area contributed by atoms with E-state index in [4.69, 9.17) is 9.72 Å². The van der Waals surface area contributed by atoms with Gasteiger partial charge < -0.3 is 20.3 Å². The minimum absolute atomic E-state index is 0.0342. The minimum Gasteiger partial charge on any atom is -0.496 e. The van der Waals surface area contributed by atoms with E-state index < -0.39 is 0 Å². The van der Waals surface area contributed by atoms with Gasteiger partial charge in [-0.3, -0.25) is 0 Å². The Kier molecular flexibility index (Phi) is 4.99. The van der Waals surface area contributed by atoms with Gasteiger partial charge in [0.2, 0.25) is 0 Å². The summed E-state index contributed by atoms with van der Waals surface area (Å²) in [6.07, 6.45) is 3.68. The van der Waals surface area contributed by atoms with E-state index >= 15 is 0 Å². The number of halogens is 1. The van der Waals surface area contributed by atoms with E-state index in [0.29, 0.717) is 23.8 Å². The molecule has 1 aromatic heterocycles. The first-order chi connectivity index (χ1) is 13.2. The van der Waals surface area contributed by atoms with Crippen LogP contribution in [0.3, 0.4) is 0 Å². The van der Waals surface area contributed by atoms with Crippen molar-refractivity contribution in [3.05, 3.63) is 59.7 Å². The first-order valence-corrected chi connectivity index (χ1v) is 9.36. The number of methoxy groups -OCH3 is 1. The monoisotopic (exact) mass is 368 g/mol. The third kappa shape index (κ3) is 3.49. The summed E-state index contributed by atoms with van der Waals surface area (Å²) in [5, 5.41) is 6.70. The van der Waals surface area contributed by atoms with Crippen LogP contribution >= 0.6 is 0 Å². The molecule has 1 fully saturated rings. The molecule has 2 aliphatic rings. The quantitative estimate of drug-likeness (QED) is 0.849. The number of aromatic nitrogens is 1. The van der Waals surface area contributed by atoms with Crippen molar-refractivity contribution in [1.29, 1.82) is 0 Å². The van der Waals surface area contributed by atoms with Gasteiger partial charge >= 0.3 is 0 Å². The number of ether oxygens (including phenoxy) is 1. The number of hydrogen-bond acceptors (Lipinski definition) is 5. The molecule has 4 rings (SSSR count). The van der Waals surface area contributed by atoms with Crippen LogP contribution in [0, 0.1) is 5.82 Å². The summed E-state index contributed by atoms with van der Waals surface area (Å²) >= 11 is 0. The molecule has 142 valence electrons. The van der Waals surface area contributed by atoms with Crippen LogP contribution in [-0.2, 0) is 0 Å². The molecule has 27 heavy (non-hydrogen) atoms. The van der Waals surface area contributed by atoms with E-state index in [1.807, 2.05) is 25.4 Å². The Hall–Kier alpha value is -2.60. The van der Waals surface area contributed by atoms with Gasteiger partial charge in [-0.05, 0) is 43.3 Å². The molecule has 1 unspecified atom stereocenters. The number of nitrogens with zero attached hydrogens (tertiary/aromatic N) is 2. The molecule has 3 heterocycles. The highest BCUT2D eigenvalue weighted by Gasteiger charge is 2.26. The number of nitrogens with one attached hydrogen (secondary N) is 2. The Balaban J connectivity index is 1.52. The fourth-order valence-electron chi connectivity index (χ4n) is 3.90. The van der Waals surface area contributed by atoms with E-state index in [-0.39, 0.29) is 11.9 Å². The molecule has 2 aliphatic heterocycles. The molecule has 2 atom stereocenters. The zero-order valence-corrected chi connectivity index (χ0v) is 15.7. The fourth-order valence-corrected chi connectivity index (χ4v) is 3.90. The maximum atomic E-state index is 14.4. The van der Waals surface area contributed by atoms with Gasteiger partial charge in [-0.2, -0.15) is 0 Å². The summed E-state index contributed by atoms with van der Waals surface area (Å²) in [4.78, 5) is 7.19. The summed E-state index contributed by atoms with van der Waals surface area (Å²) in [6, 6.07) is 11.6. The Morgan fingerprint density at radius 2 is 2.11 bits per heavy atom. The van der Waals surface area contributed by atoms with Crippen LogP contribution < -0.4 is 20.3 Å². The lowest BCUT2D eigenvalue weighted by Gasteiger charge is -2.20. The Morgan fingerprint density at radius 1 is 1.26 bits per heavy atom. The van der Waals surface area contributed by atoms with E-state index in [2.05, 4.69) is 21.6 Å². The number of rotatable bonds is 5. The summed E-state index contributed by atoms with van der Waals surface area (Å²) < 4.78 is 19.7. The van der Waals surface area contributed by atoms with Crippen molar-refractivity contribution < 1.29 is 9.13 Å². The molecule has 6 heteroatoms. The third-order valence-corrected chi connectivity index (χ3v) is 5.43. The second-order valence-electron chi connectivity index (χ2n) is 7.05. The lowest BCUT2D eigenvalue weighted by Crippen LogP contribution is -2.30. The number of pyridine rings is 1. The highest BCUT2D eigenvalue weighted by Crippen LogP contribution is 2.37. The van der Waals surface area contributed by atoms with Gasteiger partial charge in [-0.25, -0.2) is 9.37 Å². The average Bonchev–Trinajstić information content (AvgIpc) is 3.37. The molecule has 0 amide bonds. The third-order valence-electron chi connectivity index (χ3n) is 5.43. The highest BCUT2D eigenvalue weighted by atomic mass is 19.1. The predicted octanol–water partition coefficient (Wildman–Crippen LogP) is 3.10. The molecule has 2 aromatic rings. The zero-order valence-electron chi connectivity index (χ0n) is 15.7. The van der Waals surface area contributed by atoms with Gasteiger partial charge in [-0.1, -0.05) is 12.1 Å². The smallest absolute Gasteiger partial charge is 0.134 e. The second kappa shape index (κ2) is 7.56. The van der Waals surface area contributed by atoms with E-state index in [1.54, 1.807) is 19.2 Å². The molecule has 0 radical (unpaired) electrons. The van der Waals surface area contributed by atoms with Crippen molar-refractivity contribution in [2.75, 3.05) is 32.1 Å². The van der Waals surface area contributed by atoms with Crippen LogP contribution in [0.15, 0.2) is 42.6 Å². The molecular weight excluding hydrogens is 343 g/mol. The van der Waals surface area contributed by atoms with Crippen molar-refractivity contribution in [1.82, 2.24) is 15.6 Å². The zero-order chi connectivity index (χ0) is 18.8. The van der Waals surface area contributed by atoms with Gasteiger partial charge in [0.1, 0.15) is 17.4 Å². The molecule has 5 nitrogen and oxygen atoms in total.